The molecule has 0 aromatic heterocycles. The second kappa shape index (κ2) is 8.17. The second-order valence-corrected chi connectivity index (χ2v) is 6.04. The van der Waals surface area contributed by atoms with Crippen molar-refractivity contribution < 1.29 is 14.4 Å². The molecule has 0 aliphatic rings. The fraction of sp³-hybridized carbons (Fsp3) is 0.438. The highest BCUT2D eigenvalue weighted by Crippen LogP contribution is 2.09. The maximum atomic E-state index is 11.7. The summed E-state index contributed by atoms with van der Waals surface area (Å²) in [7, 11) is 0. The van der Waals surface area contributed by atoms with E-state index < -0.39 is 6.03 Å². The lowest BCUT2D eigenvalue weighted by molar-refractivity contribution is -0.121. The maximum Gasteiger partial charge on any atom is 0.319 e. The van der Waals surface area contributed by atoms with E-state index in [4.69, 9.17) is 0 Å². The van der Waals surface area contributed by atoms with Gasteiger partial charge in [-0.05, 0) is 52.0 Å². The van der Waals surface area contributed by atoms with E-state index in [0.29, 0.717) is 17.8 Å². The van der Waals surface area contributed by atoms with Crippen molar-refractivity contribution in [3.05, 3.63) is 29.8 Å². The molecule has 1 aromatic carbocycles. The third kappa shape index (κ3) is 7.30. The van der Waals surface area contributed by atoms with Gasteiger partial charge in [-0.1, -0.05) is 0 Å². The van der Waals surface area contributed by atoms with Crippen LogP contribution in [0.2, 0.25) is 0 Å². The highest BCUT2D eigenvalue weighted by Gasteiger charge is 2.14. The van der Waals surface area contributed by atoms with Gasteiger partial charge in [-0.25, -0.2) is 4.79 Å². The Morgan fingerprint density at radius 2 is 1.61 bits per heavy atom. The Hall–Kier alpha value is -2.57. The molecule has 0 atom stereocenters. The fourth-order valence-electron chi connectivity index (χ4n) is 1.77. The molecule has 0 saturated carbocycles. The van der Waals surface area contributed by atoms with Crippen LogP contribution in [0.3, 0.4) is 0 Å². The van der Waals surface area contributed by atoms with Crippen molar-refractivity contribution in [2.24, 2.45) is 0 Å². The number of carbonyl (C=O) groups excluding carboxylic acids is 3. The molecule has 23 heavy (non-hydrogen) atoms. The summed E-state index contributed by atoms with van der Waals surface area (Å²) in [6.07, 6.45) is 0. The minimum Gasteiger partial charge on any atom is -0.352 e. The van der Waals surface area contributed by atoms with Gasteiger partial charge in [0, 0.05) is 23.3 Å². The van der Waals surface area contributed by atoms with Crippen molar-refractivity contribution in [3.63, 3.8) is 0 Å². The number of rotatable bonds is 5. The van der Waals surface area contributed by atoms with Gasteiger partial charge in [0.1, 0.15) is 0 Å². The lowest BCUT2D eigenvalue weighted by Crippen LogP contribution is -2.46. The summed E-state index contributed by atoms with van der Waals surface area (Å²) in [6.45, 7) is 7.87. The molecule has 0 radical (unpaired) electrons. The van der Waals surface area contributed by atoms with Crippen molar-refractivity contribution in [1.29, 1.82) is 0 Å². The second-order valence-electron chi connectivity index (χ2n) is 6.04. The average molecular weight is 320 g/mol. The molecular weight excluding hydrogens is 296 g/mol. The zero-order chi connectivity index (χ0) is 17.5. The average Bonchev–Trinajstić information content (AvgIpc) is 2.44. The quantitative estimate of drug-likeness (QED) is 0.661. The predicted molar refractivity (Wildman–Crippen MR) is 89.4 cm³/mol. The van der Waals surface area contributed by atoms with Crippen LogP contribution in [0.4, 0.5) is 10.5 Å². The Bertz CT molecular complexity index is 562. The van der Waals surface area contributed by atoms with E-state index in [9.17, 15) is 14.4 Å². The third-order valence-corrected chi connectivity index (χ3v) is 2.67. The Morgan fingerprint density at radius 1 is 1.00 bits per heavy atom. The first-order valence-electron chi connectivity index (χ1n) is 7.45. The van der Waals surface area contributed by atoms with E-state index in [0.717, 1.165) is 0 Å². The first-order valence-corrected chi connectivity index (χ1v) is 7.45. The molecule has 0 unspecified atom stereocenters. The van der Waals surface area contributed by atoms with Gasteiger partial charge in [0.25, 0.3) is 5.91 Å². The van der Waals surface area contributed by atoms with Crippen LogP contribution in [0.25, 0.3) is 0 Å². The summed E-state index contributed by atoms with van der Waals surface area (Å²) in [5.74, 6) is -0.429. The maximum absolute atomic E-state index is 11.7. The van der Waals surface area contributed by atoms with Crippen molar-refractivity contribution in [3.8, 4) is 0 Å². The Labute approximate surface area is 136 Å². The minimum atomic E-state index is -0.486. The van der Waals surface area contributed by atoms with Gasteiger partial charge in [0.05, 0.1) is 6.54 Å². The smallest absolute Gasteiger partial charge is 0.319 e. The summed E-state index contributed by atoms with van der Waals surface area (Å²) in [5.41, 5.74) is 0.707. The molecule has 1 aromatic rings. The number of hydrogen-bond acceptors (Lipinski definition) is 3. The summed E-state index contributed by atoms with van der Waals surface area (Å²) in [6, 6.07) is 6.00. The first kappa shape index (κ1) is 18.5. The number of urea groups is 1. The highest BCUT2D eigenvalue weighted by atomic mass is 16.2. The van der Waals surface area contributed by atoms with Crippen LogP contribution in [-0.2, 0) is 4.79 Å². The molecule has 0 fully saturated rings. The molecule has 0 saturated heterocycles. The van der Waals surface area contributed by atoms with E-state index in [1.165, 1.54) is 0 Å². The van der Waals surface area contributed by atoms with Crippen LogP contribution >= 0.6 is 0 Å². The minimum absolute atomic E-state index is 0.111. The largest absolute Gasteiger partial charge is 0.352 e. The van der Waals surface area contributed by atoms with Crippen molar-refractivity contribution in [2.45, 2.75) is 33.2 Å². The standard InChI is InChI=1S/C16H24N4O3/c1-5-17-14(22)11-6-8-12(9-7-11)19-15(23)18-10-13(21)20-16(2,3)4/h6-9H,5,10H2,1-4H3,(H,17,22)(H,20,21)(H2,18,19,23). The van der Waals surface area contributed by atoms with Gasteiger partial charge in [-0.3, -0.25) is 9.59 Å². The lowest BCUT2D eigenvalue weighted by Gasteiger charge is -2.20. The molecule has 4 amide bonds. The van der Waals surface area contributed by atoms with Crippen molar-refractivity contribution in [2.75, 3.05) is 18.4 Å². The summed E-state index contributed by atoms with van der Waals surface area (Å²) < 4.78 is 0. The number of hydrogen-bond donors (Lipinski definition) is 4. The molecule has 0 spiro atoms. The SMILES string of the molecule is CCNC(=O)c1ccc(NC(=O)NCC(=O)NC(C)(C)C)cc1. The zero-order valence-electron chi connectivity index (χ0n) is 13.9. The molecule has 7 nitrogen and oxygen atoms in total. The molecule has 126 valence electrons. The van der Waals surface area contributed by atoms with Crippen LogP contribution in [0.15, 0.2) is 24.3 Å². The molecule has 7 heteroatoms. The van der Waals surface area contributed by atoms with E-state index in [2.05, 4.69) is 21.3 Å². The Morgan fingerprint density at radius 3 is 2.13 bits per heavy atom. The monoisotopic (exact) mass is 320 g/mol. The normalized spacial score (nSPS) is 10.6. The van der Waals surface area contributed by atoms with E-state index in [1.54, 1.807) is 24.3 Å². The molecular formula is C16H24N4O3. The van der Waals surface area contributed by atoms with E-state index in [-0.39, 0.29) is 23.9 Å². The molecule has 0 aliphatic heterocycles. The first-order chi connectivity index (χ1) is 10.7. The topological polar surface area (TPSA) is 99.3 Å². The van der Waals surface area contributed by atoms with Gasteiger partial charge < -0.3 is 21.3 Å². The van der Waals surface area contributed by atoms with Gasteiger partial charge >= 0.3 is 6.03 Å². The lowest BCUT2D eigenvalue weighted by atomic mass is 10.1. The molecule has 0 aliphatic carbocycles. The Balaban J connectivity index is 2.45. The molecule has 4 N–H and O–H groups in total. The van der Waals surface area contributed by atoms with Gasteiger partial charge in [0.2, 0.25) is 5.91 Å². The fourth-order valence-corrected chi connectivity index (χ4v) is 1.77. The Kier molecular flexibility index (Phi) is 6.56. The van der Waals surface area contributed by atoms with Crippen LogP contribution in [0.1, 0.15) is 38.1 Å². The van der Waals surface area contributed by atoms with Crippen LogP contribution in [-0.4, -0.2) is 36.5 Å². The molecule has 1 rings (SSSR count). The van der Waals surface area contributed by atoms with Crippen LogP contribution in [0.5, 0.6) is 0 Å². The predicted octanol–water partition coefficient (Wildman–Crippen LogP) is 1.47. The van der Waals surface area contributed by atoms with E-state index >= 15 is 0 Å². The number of carbonyl (C=O) groups is 3. The van der Waals surface area contributed by atoms with Gasteiger partial charge in [-0.2, -0.15) is 0 Å². The number of nitrogens with one attached hydrogen (secondary N) is 4. The van der Waals surface area contributed by atoms with Gasteiger partial charge in [-0.15, -0.1) is 0 Å². The molecule has 0 heterocycles. The third-order valence-electron chi connectivity index (χ3n) is 2.67. The molecule has 0 bridgehead atoms. The highest BCUT2D eigenvalue weighted by molar-refractivity contribution is 5.96. The van der Waals surface area contributed by atoms with Crippen molar-refractivity contribution >= 4 is 23.5 Å². The summed E-state index contributed by atoms with van der Waals surface area (Å²) in [4.78, 5) is 34.9. The van der Waals surface area contributed by atoms with Crippen LogP contribution < -0.4 is 21.3 Å². The van der Waals surface area contributed by atoms with Crippen LogP contribution in [0, 0.1) is 0 Å². The van der Waals surface area contributed by atoms with Crippen molar-refractivity contribution in [1.82, 2.24) is 16.0 Å². The number of anilines is 1. The number of amides is 4. The summed E-state index contributed by atoms with van der Waals surface area (Å²) in [5, 5.41) is 10.5. The zero-order valence-corrected chi connectivity index (χ0v) is 13.9. The number of benzene rings is 1. The van der Waals surface area contributed by atoms with E-state index in [1.807, 2.05) is 27.7 Å². The summed E-state index contributed by atoms with van der Waals surface area (Å²) >= 11 is 0. The van der Waals surface area contributed by atoms with Gasteiger partial charge in [0.15, 0.2) is 0 Å².